The van der Waals surface area contributed by atoms with Gasteiger partial charge in [0.15, 0.2) is 0 Å². The SMILES string of the molecule is CCC(C(=O)O)N1CCCN(S(=O)(=O)c2ccc(OC)cc2)CC1. The highest BCUT2D eigenvalue weighted by molar-refractivity contribution is 7.89. The summed E-state index contributed by atoms with van der Waals surface area (Å²) in [5.41, 5.74) is 0. The highest BCUT2D eigenvalue weighted by atomic mass is 32.2. The van der Waals surface area contributed by atoms with Gasteiger partial charge in [0, 0.05) is 26.2 Å². The van der Waals surface area contributed by atoms with Gasteiger partial charge in [-0.15, -0.1) is 0 Å². The van der Waals surface area contributed by atoms with Crippen LogP contribution in [0.15, 0.2) is 29.2 Å². The minimum absolute atomic E-state index is 0.224. The Morgan fingerprint density at radius 1 is 1.21 bits per heavy atom. The molecule has 0 saturated carbocycles. The number of carboxylic acids is 1. The number of sulfonamides is 1. The molecule has 1 aliphatic heterocycles. The van der Waals surface area contributed by atoms with E-state index in [1.807, 2.05) is 11.8 Å². The zero-order chi connectivity index (χ0) is 17.7. The fourth-order valence-corrected chi connectivity index (χ4v) is 4.42. The summed E-state index contributed by atoms with van der Waals surface area (Å²) in [6.45, 7) is 3.51. The van der Waals surface area contributed by atoms with Crippen molar-refractivity contribution in [1.82, 2.24) is 9.21 Å². The quantitative estimate of drug-likeness (QED) is 0.826. The minimum atomic E-state index is -3.58. The summed E-state index contributed by atoms with van der Waals surface area (Å²) in [5.74, 6) is -0.257. The fraction of sp³-hybridized carbons (Fsp3) is 0.562. The second-order valence-corrected chi connectivity index (χ2v) is 7.67. The van der Waals surface area contributed by atoms with Crippen molar-refractivity contribution in [3.8, 4) is 5.75 Å². The number of carbonyl (C=O) groups is 1. The number of aliphatic carboxylic acids is 1. The van der Waals surface area contributed by atoms with Crippen molar-refractivity contribution in [3.05, 3.63) is 24.3 Å². The Labute approximate surface area is 142 Å². The molecule has 1 fully saturated rings. The van der Waals surface area contributed by atoms with Crippen molar-refractivity contribution in [2.75, 3.05) is 33.3 Å². The van der Waals surface area contributed by atoms with Gasteiger partial charge < -0.3 is 9.84 Å². The fourth-order valence-electron chi connectivity index (χ4n) is 2.95. The van der Waals surface area contributed by atoms with Gasteiger partial charge in [0.2, 0.25) is 10.0 Å². The molecule has 0 bridgehead atoms. The normalized spacial score (nSPS) is 18.8. The third-order valence-corrected chi connectivity index (χ3v) is 6.21. The van der Waals surface area contributed by atoms with E-state index in [-0.39, 0.29) is 11.4 Å². The maximum absolute atomic E-state index is 12.8. The molecule has 2 rings (SSSR count). The molecule has 1 saturated heterocycles. The molecule has 0 aromatic heterocycles. The lowest BCUT2D eigenvalue weighted by atomic mass is 10.2. The van der Waals surface area contributed by atoms with Crippen LogP contribution in [0.4, 0.5) is 0 Å². The van der Waals surface area contributed by atoms with Crippen LogP contribution in [0, 0.1) is 0 Å². The molecule has 1 atom stereocenters. The predicted octanol–water partition coefficient (Wildman–Crippen LogP) is 1.25. The first-order valence-electron chi connectivity index (χ1n) is 8.01. The van der Waals surface area contributed by atoms with Gasteiger partial charge in [0.25, 0.3) is 0 Å². The average Bonchev–Trinajstić information content (AvgIpc) is 2.82. The molecule has 0 aliphatic carbocycles. The third kappa shape index (κ3) is 4.06. The van der Waals surface area contributed by atoms with Crippen LogP contribution in [0.2, 0.25) is 0 Å². The molecule has 1 heterocycles. The highest BCUT2D eigenvalue weighted by Gasteiger charge is 2.30. The summed E-state index contributed by atoms with van der Waals surface area (Å²) in [6, 6.07) is 5.74. The molecule has 0 spiro atoms. The lowest BCUT2D eigenvalue weighted by Gasteiger charge is -2.26. The van der Waals surface area contributed by atoms with Crippen LogP contribution < -0.4 is 4.74 Å². The van der Waals surface area contributed by atoms with Crippen molar-refractivity contribution < 1.29 is 23.1 Å². The number of nitrogens with zero attached hydrogens (tertiary/aromatic N) is 2. The zero-order valence-corrected chi connectivity index (χ0v) is 14.8. The van der Waals surface area contributed by atoms with Gasteiger partial charge in [0.05, 0.1) is 12.0 Å². The number of hydrogen-bond donors (Lipinski definition) is 1. The lowest BCUT2D eigenvalue weighted by molar-refractivity contribution is -0.143. The van der Waals surface area contributed by atoms with Gasteiger partial charge in [-0.25, -0.2) is 8.42 Å². The largest absolute Gasteiger partial charge is 0.497 e. The molecule has 0 amide bonds. The van der Waals surface area contributed by atoms with Crippen molar-refractivity contribution in [1.29, 1.82) is 0 Å². The zero-order valence-electron chi connectivity index (χ0n) is 14.0. The van der Waals surface area contributed by atoms with Crippen LogP contribution in [0.5, 0.6) is 5.75 Å². The van der Waals surface area contributed by atoms with Gasteiger partial charge in [-0.05, 0) is 37.1 Å². The number of carboxylic acid groups (broad SMARTS) is 1. The van der Waals surface area contributed by atoms with Crippen molar-refractivity contribution in [2.45, 2.75) is 30.7 Å². The first kappa shape index (κ1) is 18.7. The maximum Gasteiger partial charge on any atom is 0.320 e. The molecule has 1 aromatic rings. The Kier molecular flexibility index (Phi) is 6.20. The molecule has 1 N–H and O–H groups in total. The third-order valence-electron chi connectivity index (χ3n) is 4.30. The van der Waals surface area contributed by atoms with Crippen LogP contribution in [0.3, 0.4) is 0 Å². The first-order valence-corrected chi connectivity index (χ1v) is 9.45. The number of benzene rings is 1. The molecule has 1 unspecified atom stereocenters. The Bertz CT molecular complexity index is 660. The van der Waals surface area contributed by atoms with Gasteiger partial charge in [-0.1, -0.05) is 6.92 Å². The van der Waals surface area contributed by atoms with E-state index in [0.717, 1.165) is 0 Å². The number of hydrogen-bond acceptors (Lipinski definition) is 5. The van der Waals surface area contributed by atoms with Gasteiger partial charge in [-0.2, -0.15) is 4.31 Å². The second-order valence-electron chi connectivity index (χ2n) is 5.73. The molecule has 24 heavy (non-hydrogen) atoms. The van der Waals surface area contributed by atoms with E-state index in [1.54, 1.807) is 12.1 Å². The van der Waals surface area contributed by atoms with Crippen LogP contribution in [-0.4, -0.2) is 68.0 Å². The summed E-state index contributed by atoms with van der Waals surface area (Å²) < 4.78 is 32.0. The number of methoxy groups -OCH3 is 1. The van der Waals surface area contributed by atoms with E-state index in [9.17, 15) is 18.3 Å². The summed E-state index contributed by atoms with van der Waals surface area (Å²) in [4.78, 5) is 13.4. The summed E-state index contributed by atoms with van der Waals surface area (Å²) >= 11 is 0. The summed E-state index contributed by atoms with van der Waals surface area (Å²) in [5, 5.41) is 9.29. The van der Waals surface area contributed by atoms with Gasteiger partial charge in [0.1, 0.15) is 11.8 Å². The lowest BCUT2D eigenvalue weighted by Crippen LogP contribution is -2.43. The van der Waals surface area contributed by atoms with Crippen LogP contribution >= 0.6 is 0 Å². The highest BCUT2D eigenvalue weighted by Crippen LogP contribution is 2.21. The van der Waals surface area contributed by atoms with E-state index >= 15 is 0 Å². The minimum Gasteiger partial charge on any atom is -0.497 e. The summed E-state index contributed by atoms with van der Waals surface area (Å²) in [7, 11) is -2.06. The summed E-state index contributed by atoms with van der Waals surface area (Å²) in [6.07, 6.45) is 1.11. The molecular weight excluding hydrogens is 332 g/mol. The van der Waals surface area contributed by atoms with E-state index in [1.165, 1.54) is 23.5 Å². The monoisotopic (exact) mass is 356 g/mol. The Morgan fingerprint density at radius 3 is 2.42 bits per heavy atom. The molecule has 7 nitrogen and oxygen atoms in total. The van der Waals surface area contributed by atoms with E-state index in [4.69, 9.17) is 4.74 Å². The van der Waals surface area contributed by atoms with Crippen LogP contribution in [-0.2, 0) is 14.8 Å². The van der Waals surface area contributed by atoms with Crippen molar-refractivity contribution >= 4 is 16.0 Å². The smallest absolute Gasteiger partial charge is 0.320 e. The predicted molar refractivity (Wildman–Crippen MR) is 89.7 cm³/mol. The molecule has 1 aliphatic rings. The van der Waals surface area contributed by atoms with E-state index in [2.05, 4.69) is 0 Å². The number of ether oxygens (including phenoxy) is 1. The maximum atomic E-state index is 12.8. The Morgan fingerprint density at radius 2 is 1.88 bits per heavy atom. The molecule has 1 aromatic carbocycles. The van der Waals surface area contributed by atoms with Crippen LogP contribution in [0.25, 0.3) is 0 Å². The van der Waals surface area contributed by atoms with Gasteiger partial charge in [-0.3, -0.25) is 9.69 Å². The van der Waals surface area contributed by atoms with Crippen LogP contribution in [0.1, 0.15) is 19.8 Å². The second kappa shape index (κ2) is 7.96. The Hall–Kier alpha value is -1.64. The first-order chi connectivity index (χ1) is 11.4. The van der Waals surface area contributed by atoms with Gasteiger partial charge >= 0.3 is 5.97 Å². The topological polar surface area (TPSA) is 87.2 Å². The molecule has 0 radical (unpaired) electrons. The molecule has 8 heteroatoms. The van der Waals surface area contributed by atoms with E-state index in [0.29, 0.717) is 38.2 Å². The standard InChI is InChI=1S/C16H24N2O5S/c1-3-15(16(19)20)17-9-4-10-18(12-11-17)24(21,22)14-7-5-13(23-2)6-8-14/h5-8,15H,3-4,9-12H2,1-2H3,(H,19,20). The van der Waals surface area contributed by atoms with Crippen molar-refractivity contribution in [3.63, 3.8) is 0 Å². The van der Waals surface area contributed by atoms with E-state index < -0.39 is 22.0 Å². The molecular formula is C16H24N2O5S. The average molecular weight is 356 g/mol. The number of rotatable bonds is 6. The Balaban J connectivity index is 2.13. The van der Waals surface area contributed by atoms with Crippen molar-refractivity contribution in [2.24, 2.45) is 0 Å². The molecule has 134 valence electrons.